The molecule has 20 heavy (non-hydrogen) atoms. The molecule has 5 heteroatoms. The van der Waals surface area contributed by atoms with Gasteiger partial charge in [0, 0.05) is 13.1 Å². The molecular formula is C15H23NO3S. The van der Waals surface area contributed by atoms with Crippen molar-refractivity contribution in [3.8, 4) is 0 Å². The molecule has 0 aliphatic carbocycles. The van der Waals surface area contributed by atoms with E-state index in [1.54, 1.807) is 0 Å². The summed E-state index contributed by atoms with van der Waals surface area (Å²) >= 11 is 0. The van der Waals surface area contributed by atoms with Crippen molar-refractivity contribution in [2.45, 2.75) is 38.8 Å². The average molecular weight is 297 g/mol. The van der Waals surface area contributed by atoms with Crippen molar-refractivity contribution in [1.29, 1.82) is 0 Å². The molecular weight excluding hydrogens is 274 g/mol. The highest BCUT2D eigenvalue weighted by molar-refractivity contribution is 7.91. The predicted molar refractivity (Wildman–Crippen MR) is 80.5 cm³/mol. The summed E-state index contributed by atoms with van der Waals surface area (Å²) in [6, 6.07) is 6.19. The van der Waals surface area contributed by atoms with Gasteiger partial charge in [-0.15, -0.1) is 0 Å². The summed E-state index contributed by atoms with van der Waals surface area (Å²) in [5.74, 6) is 0.184. The molecule has 0 radical (unpaired) electrons. The van der Waals surface area contributed by atoms with Crippen LogP contribution >= 0.6 is 0 Å². The molecule has 0 aromatic heterocycles. The fraction of sp³-hybridized carbons (Fsp3) is 0.600. The zero-order valence-electron chi connectivity index (χ0n) is 12.1. The molecule has 112 valence electrons. The van der Waals surface area contributed by atoms with E-state index in [9.17, 15) is 13.5 Å². The fourth-order valence-electron chi connectivity index (χ4n) is 2.64. The van der Waals surface area contributed by atoms with Crippen LogP contribution in [0, 0.1) is 13.8 Å². The third-order valence-electron chi connectivity index (χ3n) is 4.16. The highest BCUT2D eigenvalue weighted by atomic mass is 32.2. The van der Waals surface area contributed by atoms with Gasteiger partial charge in [0.15, 0.2) is 9.84 Å². The molecule has 4 nitrogen and oxygen atoms in total. The lowest BCUT2D eigenvalue weighted by Crippen LogP contribution is -2.46. The molecule has 1 saturated heterocycles. The first kappa shape index (κ1) is 15.5. The van der Waals surface area contributed by atoms with Crippen molar-refractivity contribution < 1.29 is 13.5 Å². The Morgan fingerprint density at radius 1 is 1.20 bits per heavy atom. The van der Waals surface area contributed by atoms with Crippen LogP contribution in [0.25, 0.3) is 0 Å². The number of sulfone groups is 1. The van der Waals surface area contributed by atoms with E-state index < -0.39 is 15.4 Å². The Balaban J connectivity index is 1.90. The molecule has 0 amide bonds. The third kappa shape index (κ3) is 3.81. The van der Waals surface area contributed by atoms with Crippen molar-refractivity contribution >= 4 is 9.84 Å². The zero-order valence-corrected chi connectivity index (χ0v) is 13.0. The number of nitrogens with one attached hydrogen (secondary N) is 1. The third-order valence-corrected chi connectivity index (χ3v) is 5.81. The summed E-state index contributed by atoms with van der Waals surface area (Å²) in [6.45, 7) is 5.29. The zero-order chi connectivity index (χ0) is 14.8. The van der Waals surface area contributed by atoms with Gasteiger partial charge in [0.05, 0.1) is 17.1 Å². The number of hydrogen-bond acceptors (Lipinski definition) is 4. The molecule has 2 N–H and O–H groups in total. The van der Waals surface area contributed by atoms with Crippen LogP contribution in [0.5, 0.6) is 0 Å². The van der Waals surface area contributed by atoms with Gasteiger partial charge < -0.3 is 10.4 Å². The predicted octanol–water partition coefficient (Wildman–Crippen LogP) is 1.33. The van der Waals surface area contributed by atoms with Crippen molar-refractivity contribution in [1.82, 2.24) is 5.32 Å². The monoisotopic (exact) mass is 297 g/mol. The largest absolute Gasteiger partial charge is 0.388 e. The quantitative estimate of drug-likeness (QED) is 0.880. The van der Waals surface area contributed by atoms with E-state index in [-0.39, 0.29) is 11.5 Å². The lowest BCUT2D eigenvalue weighted by molar-refractivity contribution is 0.0303. The van der Waals surface area contributed by atoms with Crippen LogP contribution in [0.1, 0.15) is 29.5 Å². The van der Waals surface area contributed by atoms with Crippen LogP contribution in [0.2, 0.25) is 0 Å². The highest BCUT2D eigenvalue weighted by Crippen LogP contribution is 2.23. The Kier molecular flexibility index (Phi) is 4.52. The van der Waals surface area contributed by atoms with E-state index >= 15 is 0 Å². The van der Waals surface area contributed by atoms with Crippen molar-refractivity contribution in [3.05, 3.63) is 34.9 Å². The molecule has 0 unspecified atom stereocenters. The van der Waals surface area contributed by atoms with E-state index in [0.29, 0.717) is 25.9 Å². The molecule has 1 heterocycles. The Morgan fingerprint density at radius 2 is 1.75 bits per heavy atom. The molecule has 0 saturated carbocycles. The van der Waals surface area contributed by atoms with Crippen LogP contribution < -0.4 is 5.32 Å². The van der Waals surface area contributed by atoms with E-state index in [1.165, 1.54) is 16.7 Å². The standard InChI is InChI=1S/C15H23NO3S/c1-12-4-3-5-13(2)14(12)10-16-11-15(17)6-8-20(18,19)9-7-15/h3-5,16-17H,6-11H2,1-2H3. The summed E-state index contributed by atoms with van der Waals surface area (Å²) in [5, 5.41) is 13.7. The Bertz CT molecular complexity index is 547. The van der Waals surface area contributed by atoms with Gasteiger partial charge in [-0.1, -0.05) is 18.2 Å². The minimum absolute atomic E-state index is 0.0918. The molecule has 0 atom stereocenters. The van der Waals surface area contributed by atoms with Gasteiger partial charge in [-0.25, -0.2) is 8.42 Å². The lowest BCUT2D eigenvalue weighted by Gasteiger charge is -2.32. The maximum absolute atomic E-state index is 11.4. The molecule has 1 aromatic carbocycles. The van der Waals surface area contributed by atoms with Crippen LogP contribution in [0.15, 0.2) is 18.2 Å². The van der Waals surface area contributed by atoms with E-state index in [4.69, 9.17) is 0 Å². The second kappa shape index (κ2) is 5.84. The summed E-state index contributed by atoms with van der Waals surface area (Å²) in [4.78, 5) is 0. The minimum atomic E-state index is -2.93. The van der Waals surface area contributed by atoms with E-state index in [2.05, 4.69) is 31.3 Å². The number of hydrogen-bond donors (Lipinski definition) is 2. The average Bonchev–Trinajstić information content (AvgIpc) is 2.38. The number of rotatable bonds is 4. The van der Waals surface area contributed by atoms with Gasteiger partial charge in [-0.3, -0.25) is 0 Å². The maximum Gasteiger partial charge on any atom is 0.150 e. The number of benzene rings is 1. The van der Waals surface area contributed by atoms with Crippen LogP contribution in [0.3, 0.4) is 0 Å². The Morgan fingerprint density at radius 3 is 2.30 bits per heavy atom. The molecule has 1 fully saturated rings. The van der Waals surface area contributed by atoms with Gasteiger partial charge in [0.25, 0.3) is 0 Å². The summed E-state index contributed by atoms with van der Waals surface area (Å²) in [5.41, 5.74) is 2.83. The fourth-order valence-corrected chi connectivity index (χ4v) is 4.23. The first-order valence-electron chi connectivity index (χ1n) is 7.00. The first-order valence-corrected chi connectivity index (χ1v) is 8.82. The summed E-state index contributed by atoms with van der Waals surface area (Å²) in [6.07, 6.45) is 0.657. The van der Waals surface area contributed by atoms with Crippen molar-refractivity contribution in [2.75, 3.05) is 18.1 Å². The topological polar surface area (TPSA) is 66.4 Å². The van der Waals surface area contributed by atoms with Gasteiger partial charge in [-0.05, 0) is 43.4 Å². The minimum Gasteiger partial charge on any atom is -0.388 e. The molecule has 1 aromatic rings. The first-order chi connectivity index (χ1) is 9.31. The van der Waals surface area contributed by atoms with Gasteiger partial charge >= 0.3 is 0 Å². The number of aliphatic hydroxyl groups is 1. The molecule has 1 aliphatic heterocycles. The summed E-state index contributed by atoms with van der Waals surface area (Å²) < 4.78 is 22.8. The Labute approximate surface area is 121 Å². The Hall–Kier alpha value is -0.910. The maximum atomic E-state index is 11.4. The van der Waals surface area contributed by atoms with Crippen LogP contribution in [-0.4, -0.2) is 37.2 Å². The summed E-state index contributed by atoms with van der Waals surface area (Å²) in [7, 11) is -2.93. The van der Waals surface area contributed by atoms with Crippen LogP contribution in [0.4, 0.5) is 0 Å². The molecule has 2 rings (SSSR count). The van der Waals surface area contributed by atoms with Gasteiger partial charge in [0.2, 0.25) is 0 Å². The molecule has 0 spiro atoms. The van der Waals surface area contributed by atoms with Crippen molar-refractivity contribution in [2.24, 2.45) is 0 Å². The second-order valence-electron chi connectivity index (χ2n) is 5.85. The van der Waals surface area contributed by atoms with E-state index in [0.717, 1.165) is 0 Å². The normalized spacial score (nSPS) is 20.8. The van der Waals surface area contributed by atoms with Gasteiger partial charge in [-0.2, -0.15) is 0 Å². The van der Waals surface area contributed by atoms with E-state index in [1.807, 2.05) is 6.07 Å². The number of aryl methyl sites for hydroxylation is 2. The van der Waals surface area contributed by atoms with Crippen LogP contribution in [-0.2, 0) is 16.4 Å². The smallest absolute Gasteiger partial charge is 0.150 e. The van der Waals surface area contributed by atoms with Crippen molar-refractivity contribution in [3.63, 3.8) is 0 Å². The molecule has 1 aliphatic rings. The lowest BCUT2D eigenvalue weighted by atomic mass is 9.96. The highest BCUT2D eigenvalue weighted by Gasteiger charge is 2.34. The second-order valence-corrected chi connectivity index (χ2v) is 8.15. The van der Waals surface area contributed by atoms with Gasteiger partial charge in [0.1, 0.15) is 0 Å². The SMILES string of the molecule is Cc1cccc(C)c1CNCC1(O)CCS(=O)(=O)CC1. The molecule has 0 bridgehead atoms.